The van der Waals surface area contributed by atoms with Crippen LogP contribution in [-0.4, -0.2) is 60.8 Å². The van der Waals surface area contributed by atoms with E-state index in [1.165, 1.54) is 10.4 Å². The van der Waals surface area contributed by atoms with Gasteiger partial charge in [-0.2, -0.15) is 10.2 Å². The zero-order valence-electron chi connectivity index (χ0n) is 28.3. The van der Waals surface area contributed by atoms with Crippen molar-refractivity contribution in [2.75, 3.05) is 5.32 Å². The normalized spacial score (nSPS) is 20.0. The SMILES string of the molecule is CC(C)(c1ccc(Oc2ccc(-n3nccn3)nc2)cc1)c1ccc(O[C@H]2C[C@H](Nc3ccc4c(c3)CN(C3CCC(=O)NC3=O)C4=O)C2)cc1. The van der Waals surface area contributed by atoms with Crippen LogP contribution in [0.15, 0.2) is 97.5 Å². The number of carbonyl (C=O) groups is 3. The summed E-state index contributed by atoms with van der Waals surface area (Å²) < 4.78 is 12.3. The molecule has 258 valence electrons. The van der Waals surface area contributed by atoms with Crippen LogP contribution in [0.5, 0.6) is 17.2 Å². The molecule has 1 saturated heterocycles. The largest absolute Gasteiger partial charge is 0.490 e. The van der Waals surface area contributed by atoms with Crippen LogP contribution in [0, 0.1) is 0 Å². The van der Waals surface area contributed by atoms with Gasteiger partial charge in [0.05, 0.1) is 18.6 Å². The predicted octanol–water partition coefficient (Wildman–Crippen LogP) is 5.56. The monoisotopic (exact) mass is 683 g/mol. The van der Waals surface area contributed by atoms with Crippen molar-refractivity contribution in [2.24, 2.45) is 0 Å². The van der Waals surface area contributed by atoms with Gasteiger partial charge in [0.15, 0.2) is 5.82 Å². The standard InChI is InChI=1S/C39H37N7O5/c1-39(2,25-3-8-29(9-4-25)50-31-12-15-35(40-22-31)46-41-17-18-42-46)26-5-10-30(11-6-26)51-32-20-28(21-32)43-27-7-13-33-24(19-27)23-45(38(33)49)34-14-16-36(47)44-37(34)48/h3-13,15,17-19,22,28,32,34,43H,14,16,20-21,23H2,1-2H3,(H,44,47,48)/t28-,32-,34?. The number of piperidine rings is 1. The summed E-state index contributed by atoms with van der Waals surface area (Å²) in [5.74, 6) is 1.95. The summed E-state index contributed by atoms with van der Waals surface area (Å²) in [5.41, 5.74) is 4.54. The van der Waals surface area contributed by atoms with E-state index in [4.69, 9.17) is 9.47 Å². The molecule has 1 saturated carbocycles. The first-order chi connectivity index (χ1) is 24.7. The lowest BCUT2D eigenvalue weighted by Gasteiger charge is -2.36. The molecule has 0 spiro atoms. The minimum Gasteiger partial charge on any atom is -0.490 e. The van der Waals surface area contributed by atoms with Crippen molar-refractivity contribution in [3.63, 3.8) is 0 Å². The molecule has 1 unspecified atom stereocenters. The zero-order valence-corrected chi connectivity index (χ0v) is 28.3. The van der Waals surface area contributed by atoms with Crippen LogP contribution in [0.4, 0.5) is 5.69 Å². The van der Waals surface area contributed by atoms with Crippen LogP contribution >= 0.6 is 0 Å². The highest BCUT2D eigenvalue weighted by molar-refractivity contribution is 6.05. The van der Waals surface area contributed by atoms with Crippen LogP contribution in [-0.2, 0) is 21.5 Å². The third-order valence-corrected chi connectivity index (χ3v) is 10.0. The molecular weight excluding hydrogens is 646 g/mol. The molecule has 1 aliphatic carbocycles. The number of rotatable bonds is 10. The lowest BCUT2D eigenvalue weighted by atomic mass is 9.78. The number of benzene rings is 3. The summed E-state index contributed by atoms with van der Waals surface area (Å²) in [7, 11) is 0. The van der Waals surface area contributed by atoms with E-state index in [1.807, 2.05) is 54.6 Å². The first kappa shape index (κ1) is 32.2. The average Bonchev–Trinajstić information content (AvgIpc) is 3.77. The van der Waals surface area contributed by atoms with Crippen LogP contribution in [0.2, 0.25) is 0 Å². The highest BCUT2D eigenvalue weighted by Gasteiger charge is 2.39. The first-order valence-corrected chi connectivity index (χ1v) is 17.1. The molecule has 2 aromatic heterocycles. The van der Waals surface area contributed by atoms with Crippen molar-refractivity contribution >= 4 is 23.4 Å². The topological polar surface area (TPSA) is 141 Å². The highest BCUT2D eigenvalue weighted by Crippen LogP contribution is 2.36. The van der Waals surface area contributed by atoms with Gasteiger partial charge in [0.1, 0.15) is 29.4 Å². The number of hydrogen-bond donors (Lipinski definition) is 2. The van der Waals surface area contributed by atoms with E-state index in [9.17, 15) is 14.4 Å². The Balaban J connectivity index is 0.821. The van der Waals surface area contributed by atoms with Gasteiger partial charge in [-0.3, -0.25) is 19.7 Å². The molecule has 2 N–H and O–H groups in total. The second kappa shape index (κ2) is 13.0. The molecular formula is C39H37N7O5. The molecule has 12 nitrogen and oxygen atoms in total. The molecule has 3 aromatic carbocycles. The van der Waals surface area contributed by atoms with Crippen LogP contribution in [0.1, 0.15) is 66.6 Å². The van der Waals surface area contributed by atoms with Crippen LogP contribution in [0.25, 0.3) is 5.82 Å². The second-order valence-electron chi connectivity index (χ2n) is 13.8. The Morgan fingerprint density at radius 1 is 0.843 bits per heavy atom. The number of hydrogen-bond acceptors (Lipinski definition) is 9. The number of pyridine rings is 1. The summed E-state index contributed by atoms with van der Waals surface area (Å²) in [6, 6.07) is 25.5. The Morgan fingerprint density at radius 2 is 1.53 bits per heavy atom. The number of carbonyl (C=O) groups excluding carboxylic acids is 3. The van der Waals surface area contributed by atoms with Crippen molar-refractivity contribution in [1.82, 2.24) is 30.2 Å². The Morgan fingerprint density at radius 3 is 2.20 bits per heavy atom. The maximum atomic E-state index is 13.0. The molecule has 0 bridgehead atoms. The summed E-state index contributed by atoms with van der Waals surface area (Å²) in [6.45, 7) is 4.76. The van der Waals surface area contributed by atoms with Gasteiger partial charge >= 0.3 is 0 Å². The Hall–Kier alpha value is -6.04. The number of ether oxygens (including phenoxy) is 2. The number of nitrogens with one attached hydrogen (secondary N) is 2. The molecule has 0 radical (unpaired) electrons. The number of aromatic nitrogens is 4. The molecule has 4 heterocycles. The fourth-order valence-electron chi connectivity index (χ4n) is 6.95. The molecule has 3 amide bonds. The zero-order chi connectivity index (χ0) is 35.1. The minimum atomic E-state index is -0.614. The van der Waals surface area contributed by atoms with Crippen molar-refractivity contribution in [2.45, 2.75) is 69.7 Å². The van der Waals surface area contributed by atoms with Gasteiger partial charge in [-0.25, -0.2) is 4.98 Å². The van der Waals surface area contributed by atoms with Crippen molar-refractivity contribution in [3.05, 3.63) is 120 Å². The van der Waals surface area contributed by atoms with Gasteiger partial charge in [0, 0.05) is 48.5 Å². The number of fused-ring (bicyclic) bond motifs is 1. The third-order valence-electron chi connectivity index (χ3n) is 10.0. The number of amides is 3. The fourth-order valence-corrected chi connectivity index (χ4v) is 6.95. The van der Waals surface area contributed by atoms with E-state index in [-0.39, 0.29) is 35.8 Å². The van der Waals surface area contributed by atoms with E-state index >= 15 is 0 Å². The Kier molecular flexibility index (Phi) is 8.21. The summed E-state index contributed by atoms with van der Waals surface area (Å²) in [5, 5.41) is 14.1. The van der Waals surface area contributed by atoms with Gasteiger partial charge < -0.3 is 19.7 Å². The summed E-state index contributed by atoms with van der Waals surface area (Å²) in [6.07, 6.45) is 7.30. The Bertz CT molecular complexity index is 2070. The molecule has 51 heavy (non-hydrogen) atoms. The molecule has 8 rings (SSSR count). The van der Waals surface area contributed by atoms with Gasteiger partial charge in [0.2, 0.25) is 11.8 Å². The molecule has 2 fully saturated rings. The van der Waals surface area contributed by atoms with Gasteiger partial charge in [0.25, 0.3) is 5.91 Å². The van der Waals surface area contributed by atoms with Crippen LogP contribution in [0.3, 0.4) is 0 Å². The molecule has 5 aromatic rings. The van der Waals surface area contributed by atoms with Crippen molar-refractivity contribution in [1.29, 1.82) is 0 Å². The van der Waals surface area contributed by atoms with Gasteiger partial charge in [-0.05, 0) is 77.7 Å². The van der Waals surface area contributed by atoms with E-state index < -0.39 is 11.9 Å². The molecule has 3 aliphatic rings. The van der Waals surface area contributed by atoms with E-state index in [0.717, 1.165) is 41.2 Å². The summed E-state index contributed by atoms with van der Waals surface area (Å²) in [4.78, 5) is 44.3. The lowest BCUT2D eigenvalue weighted by Crippen LogP contribution is -2.52. The number of imide groups is 1. The minimum absolute atomic E-state index is 0.113. The molecule has 2 aliphatic heterocycles. The van der Waals surface area contributed by atoms with E-state index in [2.05, 4.69) is 63.9 Å². The quantitative estimate of drug-likeness (QED) is 0.181. The first-order valence-electron chi connectivity index (χ1n) is 17.1. The molecule has 12 heteroatoms. The maximum Gasteiger partial charge on any atom is 0.255 e. The highest BCUT2D eigenvalue weighted by atomic mass is 16.5. The summed E-state index contributed by atoms with van der Waals surface area (Å²) >= 11 is 0. The van der Waals surface area contributed by atoms with Crippen LogP contribution < -0.4 is 20.1 Å². The predicted molar refractivity (Wildman–Crippen MR) is 188 cm³/mol. The van der Waals surface area contributed by atoms with E-state index in [1.54, 1.807) is 23.5 Å². The fraction of sp³-hybridized carbons (Fsp3) is 0.282. The smallest absolute Gasteiger partial charge is 0.255 e. The van der Waals surface area contributed by atoms with Crippen molar-refractivity contribution in [3.8, 4) is 23.1 Å². The number of nitrogens with zero attached hydrogens (tertiary/aromatic N) is 5. The second-order valence-corrected chi connectivity index (χ2v) is 13.8. The van der Waals surface area contributed by atoms with Gasteiger partial charge in [-0.15, -0.1) is 4.80 Å². The lowest BCUT2D eigenvalue weighted by molar-refractivity contribution is -0.136. The molecule has 1 atom stereocenters. The Labute approximate surface area is 294 Å². The number of anilines is 1. The third kappa shape index (κ3) is 6.52. The average molecular weight is 684 g/mol. The van der Waals surface area contributed by atoms with Gasteiger partial charge in [-0.1, -0.05) is 38.1 Å². The van der Waals surface area contributed by atoms with E-state index in [0.29, 0.717) is 30.1 Å². The maximum absolute atomic E-state index is 13.0. The van der Waals surface area contributed by atoms with Crippen molar-refractivity contribution < 1.29 is 23.9 Å².